The first-order valence-corrected chi connectivity index (χ1v) is 9.91. The molecule has 126 valence electrons. The molecule has 3 saturated heterocycles. The summed E-state index contributed by atoms with van der Waals surface area (Å²) in [5.41, 5.74) is 6.52. The van der Waals surface area contributed by atoms with Crippen LogP contribution in [0.1, 0.15) is 32.1 Å². The predicted octanol–water partition coefficient (Wildman–Crippen LogP) is 1.38. The van der Waals surface area contributed by atoms with Crippen molar-refractivity contribution >= 4 is 17.7 Å². The summed E-state index contributed by atoms with van der Waals surface area (Å²) in [5.74, 6) is 3.20. The standard InChI is InChI=1S/C16H30N4OS/c17-15(19-6-3-1-2-4-7-19)18-13-16(5-12-22-14-16)20-8-10-21-11-9-20/h1-14H2,(H2,17,18). The van der Waals surface area contributed by atoms with Gasteiger partial charge in [0.15, 0.2) is 5.96 Å². The van der Waals surface area contributed by atoms with E-state index in [2.05, 4.69) is 21.6 Å². The molecule has 3 heterocycles. The lowest BCUT2D eigenvalue weighted by atomic mass is 9.96. The minimum atomic E-state index is 0.213. The lowest BCUT2D eigenvalue weighted by Gasteiger charge is -2.42. The van der Waals surface area contributed by atoms with Crippen LogP contribution in [0, 0.1) is 0 Å². The SMILES string of the molecule is NC(=NCC1(N2CCOCC2)CCSC1)N1CCCCCC1. The first-order valence-electron chi connectivity index (χ1n) is 8.76. The van der Waals surface area contributed by atoms with Crippen LogP contribution in [0.2, 0.25) is 0 Å². The predicted molar refractivity (Wildman–Crippen MR) is 93.6 cm³/mol. The van der Waals surface area contributed by atoms with Crippen molar-refractivity contribution in [3.05, 3.63) is 0 Å². The molecule has 0 spiro atoms. The van der Waals surface area contributed by atoms with Crippen molar-refractivity contribution < 1.29 is 4.74 Å². The third-order valence-electron chi connectivity index (χ3n) is 5.23. The van der Waals surface area contributed by atoms with Crippen LogP contribution >= 0.6 is 11.8 Å². The van der Waals surface area contributed by atoms with Crippen LogP contribution in [-0.2, 0) is 4.74 Å². The second kappa shape index (κ2) is 7.88. The third-order valence-corrected chi connectivity index (χ3v) is 6.46. The number of hydrogen-bond donors (Lipinski definition) is 1. The lowest BCUT2D eigenvalue weighted by molar-refractivity contribution is -0.0104. The highest BCUT2D eigenvalue weighted by Gasteiger charge is 2.40. The molecule has 3 aliphatic rings. The zero-order valence-corrected chi connectivity index (χ0v) is 14.5. The molecule has 22 heavy (non-hydrogen) atoms. The molecule has 0 aromatic carbocycles. The molecular weight excluding hydrogens is 296 g/mol. The third kappa shape index (κ3) is 3.89. The van der Waals surface area contributed by atoms with E-state index in [1.165, 1.54) is 43.6 Å². The van der Waals surface area contributed by atoms with E-state index in [4.69, 9.17) is 15.5 Å². The van der Waals surface area contributed by atoms with Gasteiger partial charge in [0.25, 0.3) is 0 Å². The Morgan fingerprint density at radius 2 is 1.82 bits per heavy atom. The van der Waals surface area contributed by atoms with E-state index < -0.39 is 0 Å². The Morgan fingerprint density at radius 1 is 1.09 bits per heavy atom. The summed E-state index contributed by atoms with van der Waals surface area (Å²) in [5, 5.41) is 0. The fourth-order valence-electron chi connectivity index (χ4n) is 3.74. The van der Waals surface area contributed by atoms with Crippen molar-refractivity contribution in [2.45, 2.75) is 37.6 Å². The molecule has 0 saturated carbocycles. The molecular formula is C16H30N4OS. The van der Waals surface area contributed by atoms with Gasteiger partial charge in [-0.2, -0.15) is 11.8 Å². The first-order chi connectivity index (χ1) is 10.8. The fraction of sp³-hybridized carbons (Fsp3) is 0.938. The van der Waals surface area contributed by atoms with Crippen molar-refractivity contribution in [3.8, 4) is 0 Å². The van der Waals surface area contributed by atoms with E-state index in [0.29, 0.717) is 0 Å². The van der Waals surface area contributed by atoms with E-state index in [9.17, 15) is 0 Å². The van der Waals surface area contributed by atoms with Gasteiger partial charge in [-0.05, 0) is 25.0 Å². The summed E-state index contributed by atoms with van der Waals surface area (Å²) in [4.78, 5) is 9.74. The maximum Gasteiger partial charge on any atom is 0.191 e. The highest BCUT2D eigenvalue weighted by Crippen LogP contribution is 2.34. The van der Waals surface area contributed by atoms with Crippen LogP contribution in [0.4, 0.5) is 0 Å². The topological polar surface area (TPSA) is 54.1 Å². The Hall–Kier alpha value is -0.460. The average molecular weight is 327 g/mol. The van der Waals surface area contributed by atoms with E-state index in [1.54, 1.807) is 0 Å². The van der Waals surface area contributed by atoms with Crippen LogP contribution in [0.5, 0.6) is 0 Å². The van der Waals surface area contributed by atoms with Gasteiger partial charge in [-0.1, -0.05) is 12.8 Å². The number of hydrogen-bond acceptors (Lipinski definition) is 4. The van der Waals surface area contributed by atoms with Crippen LogP contribution in [-0.4, -0.2) is 78.7 Å². The van der Waals surface area contributed by atoms with Gasteiger partial charge >= 0.3 is 0 Å². The smallest absolute Gasteiger partial charge is 0.191 e. The Morgan fingerprint density at radius 3 is 2.45 bits per heavy atom. The molecule has 3 rings (SSSR count). The highest BCUT2D eigenvalue weighted by atomic mass is 32.2. The summed E-state index contributed by atoms with van der Waals surface area (Å²) < 4.78 is 5.52. The van der Waals surface area contributed by atoms with Gasteiger partial charge in [0.1, 0.15) is 0 Å². The second-order valence-electron chi connectivity index (χ2n) is 6.70. The molecule has 5 nitrogen and oxygen atoms in total. The van der Waals surface area contributed by atoms with Crippen molar-refractivity contribution in [1.29, 1.82) is 0 Å². The summed E-state index contributed by atoms with van der Waals surface area (Å²) in [6, 6.07) is 0. The number of nitrogens with zero attached hydrogens (tertiary/aromatic N) is 3. The minimum Gasteiger partial charge on any atom is -0.379 e. The lowest BCUT2D eigenvalue weighted by Crippen LogP contribution is -2.56. The fourth-order valence-corrected chi connectivity index (χ4v) is 5.20. The normalized spacial score (nSPS) is 32.2. The van der Waals surface area contributed by atoms with Crippen molar-refractivity contribution in [2.24, 2.45) is 10.7 Å². The number of aliphatic imine (C=N–C) groups is 1. The molecule has 0 bridgehead atoms. The van der Waals surface area contributed by atoms with Gasteiger partial charge < -0.3 is 15.4 Å². The van der Waals surface area contributed by atoms with Gasteiger partial charge in [0, 0.05) is 31.9 Å². The number of guanidine groups is 1. The zero-order chi connectivity index (χ0) is 15.3. The van der Waals surface area contributed by atoms with E-state index in [0.717, 1.165) is 51.9 Å². The Balaban J connectivity index is 1.63. The largest absolute Gasteiger partial charge is 0.379 e. The quantitative estimate of drug-likeness (QED) is 0.627. The van der Waals surface area contributed by atoms with E-state index in [-0.39, 0.29) is 5.54 Å². The maximum absolute atomic E-state index is 6.31. The molecule has 3 fully saturated rings. The highest BCUT2D eigenvalue weighted by molar-refractivity contribution is 7.99. The van der Waals surface area contributed by atoms with Crippen molar-refractivity contribution in [3.63, 3.8) is 0 Å². The number of nitrogens with two attached hydrogens (primary N) is 1. The summed E-state index contributed by atoms with van der Waals surface area (Å²) in [6.07, 6.45) is 6.39. The molecule has 3 aliphatic heterocycles. The number of ether oxygens (including phenoxy) is 1. The van der Waals surface area contributed by atoms with Gasteiger partial charge in [-0.3, -0.25) is 9.89 Å². The Labute approximate surface area is 138 Å². The summed E-state index contributed by atoms with van der Waals surface area (Å²) >= 11 is 2.06. The Kier molecular flexibility index (Phi) is 5.88. The molecule has 0 amide bonds. The second-order valence-corrected chi connectivity index (χ2v) is 7.81. The molecule has 0 radical (unpaired) electrons. The van der Waals surface area contributed by atoms with Crippen molar-refractivity contribution in [2.75, 3.05) is 57.4 Å². The molecule has 2 N–H and O–H groups in total. The Bertz CT molecular complexity index is 370. The van der Waals surface area contributed by atoms with Gasteiger partial charge in [0.2, 0.25) is 0 Å². The number of rotatable bonds is 3. The first kappa shape index (κ1) is 16.4. The molecule has 1 atom stereocenters. The van der Waals surface area contributed by atoms with Gasteiger partial charge in [0.05, 0.1) is 25.3 Å². The number of morpholine rings is 1. The summed E-state index contributed by atoms with van der Waals surface area (Å²) in [7, 11) is 0. The molecule has 0 aliphatic carbocycles. The number of likely N-dealkylation sites (tertiary alicyclic amines) is 1. The molecule has 1 unspecified atom stereocenters. The zero-order valence-electron chi connectivity index (χ0n) is 13.6. The average Bonchev–Trinajstić information content (AvgIpc) is 2.88. The van der Waals surface area contributed by atoms with E-state index in [1.807, 2.05) is 0 Å². The van der Waals surface area contributed by atoms with Crippen LogP contribution in [0.15, 0.2) is 4.99 Å². The molecule has 0 aromatic heterocycles. The monoisotopic (exact) mass is 326 g/mol. The maximum atomic E-state index is 6.31. The summed E-state index contributed by atoms with van der Waals surface area (Å²) in [6.45, 7) is 6.81. The van der Waals surface area contributed by atoms with Crippen LogP contribution < -0.4 is 5.73 Å². The van der Waals surface area contributed by atoms with E-state index >= 15 is 0 Å². The number of thioether (sulfide) groups is 1. The van der Waals surface area contributed by atoms with Crippen LogP contribution in [0.25, 0.3) is 0 Å². The minimum absolute atomic E-state index is 0.213. The van der Waals surface area contributed by atoms with Gasteiger partial charge in [-0.25, -0.2) is 0 Å². The molecule has 0 aromatic rings. The van der Waals surface area contributed by atoms with Gasteiger partial charge in [-0.15, -0.1) is 0 Å². The van der Waals surface area contributed by atoms with Crippen LogP contribution in [0.3, 0.4) is 0 Å². The molecule has 6 heteroatoms. The van der Waals surface area contributed by atoms with Crippen molar-refractivity contribution in [1.82, 2.24) is 9.80 Å².